The molecule has 0 N–H and O–H groups in total. The monoisotopic (exact) mass is 190 g/mol. The maximum absolute atomic E-state index is 5.91. The van der Waals surface area contributed by atoms with Crippen molar-refractivity contribution in [2.24, 2.45) is 0 Å². The van der Waals surface area contributed by atoms with E-state index in [9.17, 15) is 0 Å². The van der Waals surface area contributed by atoms with Gasteiger partial charge in [-0.3, -0.25) is 0 Å². The third-order valence-corrected chi connectivity index (χ3v) is 3.05. The van der Waals surface area contributed by atoms with Gasteiger partial charge >= 0.3 is 0 Å². The lowest BCUT2D eigenvalue weighted by Gasteiger charge is -2.36. The second-order valence-electron chi connectivity index (χ2n) is 4.04. The first-order valence-electron chi connectivity index (χ1n) is 5.36. The molecule has 1 heterocycles. The van der Waals surface area contributed by atoms with Crippen molar-refractivity contribution in [3.8, 4) is 11.5 Å². The predicted molar refractivity (Wildman–Crippen MR) is 53.7 cm³/mol. The molecule has 0 bridgehead atoms. The third-order valence-electron chi connectivity index (χ3n) is 3.05. The molecule has 0 radical (unpaired) electrons. The molecule has 0 aromatic heterocycles. The van der Waals surface area contributed by atoms with Crippen molar-refractivity contribution in [1.82, 2.24) is 0 Å². The van der Waals surface area contributed by atoms with Crippen LogP contribution in [0.5, 0.6) is 11.5 Å². The topological polar surface area (TPSA) is 18.5 Å². The van der Waals surface area contributed by atoms with Crippen LogP contribution < -0.4 is 9.47 Å². The molecular weight excluding hydrogens is 176 g/mol. The van der Waals surface area contributed by atoms with Gasteiger partial charge in [-0.1, -0.05) is 12.1 Å². The molecular formula is C12H14O2. The van der Waals surface area contributed by atoms with Gasteiger partial charge < -0.3 is 9.47 Å². The first-order chi connectivity index (χ1) is 6.93. The number of rotatable bonds is 0. The molecule has 2 nitrogen and oxygen atoms in total. The Morgan fingerprint density at radius 3 is 1.86 bits per heavy atom. The molecule has 14 heavy (non-hydrogen) atoms. The van der Waals surface area contributed by atoms with Gasteiger partial charge in [-0.2, -0.15) is 0 Å². The zero-order valence-electron chi connectivity index (χ0n) is 8.11. The number of hydrogen-bond donors (Lipinski definition) is 0. The molecule has 1 saturated carbocycles. The van der Waals surface area contributed by atoms with Crippen LogP contribution in [0.3, 0.4) is 0 Å². The van der Waals surface area contributed by atoms with E-state index in [0.29, 0.717) is 12.2 Å². The Kier molecular flexibility index (Phi) is 1.86. The zero-order chi connectivity index (χ0) is 9.38. The van der Waals surface area contributed by atoms with Gasteiger partial charge in [0.2, 0.25) is 0 Å². The fourth-order valence-electron chi connectivity index (χ4n) is 2.30. The van der Waals surface area contributed by atoms with Crippen LogP contribution in [0, 0.1) is 0 Å². The average Bonchev–Trinajstić information content (AvgIpc) is 2.26. The van der Waals surface area contributed by atoms with Gasteiger partial charge in [-0.05, 0) is 37.8 Å². The van der Waals surface area contributed by atoms with Crippen LogP contribution in [0.25, 0.3) is 0 Å². The van der Waals surface area contributed by atoms with Crippen molar-refractivity contribution in [3.63, 3.8) is 0 Å². The van der Waals surface area contributed by atoms with Gasteiger partial charge in [0.1, 0.15) is 12.2 Å². The smallest absolute Gasteiger partial charge is 0.161 e. The van der Waals surface area contributed by atoms with E-state index in [0.717, 1.165) is 24.3 Å². The fourth-order valence-corrected chi connectivity index (χ4v) is 2.30. The van der Waals surface area contributed by atoms with E-state index in [2.05, 4.69) is 0 Å². The summed E-state index contributed by atoms with van der Waals surface area (Å²) in [5, 5.41) is 0. The van der Waals surface area contributed by atoms with E-state index in [4.69, 9.17) is 9.47 Å². The molecule has 0 spiro atoms. The standard InChI is InChI=1S/C12H14O2/c1-2-6-10-9(5-1)13-11-7-3-4-8-12(11)14-10/h1-2,5-6,11-12H,3-4,7-8H2. The highest BCUT2D eigenvalue weighted by molar-refractivity contribution is 5.41. The van der Waals surface area contributed by atoms with E-state index in [1.807, 2.05) is 24.3 Å². The Labute approximate surface area is 83.8 Å². The Balaban J connectivity index is 1.91. The summed E-state index contributed by atoms with van der Waals surface area (Å²) in [4.78, 5) is 0. The molecule has 2 aliphatic rings. The van der Waals surface area contributed by atoms with Gasteiger partial charge in [-0.25, -0.2) is 0 Å². The maximum Gasteiger partial charge on any atom is 0.161 e. The normalized spacial score (nSPS) is 29.4. The lowest BCUT2D eigenvalue weighted by molar-refractivity contribution is -0.00601. The van der Waals surface area contributed by atoms with Crippen molar-refractivity contribution < 1.29 is 9.47 Å². The Bertz CT molecular complexity index is 302. The molecule has 1 aliphatic heterocycles. The van der Waals surface area contributed by atoms with Crippen LogP contribution in [0.2, 0.25) is 0 Å². The lowest BCUT2D eigenvalue weighted by Crippen LogP contribution is -2.41. The first kappa shape index (κ1) is 8.16. The summed E-state index contributed by atoms with van der Waals surface area (Å²) in [5.74, 6) is 1.83. The summed E-state index contributed by atoms with van der Waals surface area (Å²) in [7, 11) is 0. The van der Waals surface area contributed by atoms with Gasteiger partial charge in [0.25, 0.3) is 0 Å². The summed E-state index contributed by atoms with van der Waals surface area (Å²) in [6.45, 7) is 0. The number of benzene rings is 1. The van der Waals surface area contributed by atoms with Crippen LogP contribution in [0.15, 0.2) is 24.3 Å². The van der Waals surface area contributed by atoms with Crippen molar-refractivity contribution in [1.29, 1.82) is 0 Å². The first-order valence-corrected chi connectivity index (χ1v) is 5.36. The van der Waals surface area contributed by atoms with Crippen LogP contribution in [-0.4, -0.2) is 12.2 Å². The SMILES string of the molecule is c1ccc2c(c1)OC1CCCCC1O2. The van der Waals surface area contributed by atoms with E-state index in [1.165, 1.54) is 12.8 Å². The molecule has 2 atom stereocenters. The minimum Gasteiger partial charge on any atom is -0.483 e. The summed E-state index contributed by atoms with van der Waals surface area (Å²) >= 11 is 0. The fraction of sp³-hybridized carbons (Fsp3) is 0.500. The molecule has 1 aromatic carbocycles. The summed E-state index contributed by atoms with van der Waals surface area (Å²) < 4.78 is 11.8. The summed E-state index contributed by atoms with van der Waals surface area (Å²) in [6.07, 6.45) is 5.40. The summed E-state index contributed by atoms with van der Waals surface area (Å²) in [6, 6.07) is 7.96. The van der Waals surface area contributed by atoms with Crippen molar-refractivity contribution in [3.05, 3.63) is 24.3 Å². The van der Waals surface area contributed by atoms with Gasteiger partial charge in [0.15, 0.2) is 11.5 Å². The molecule has 2 unspecified atom stereocenters. The molecule has 0 saturated heterocycles. The van der Waals surface area contributed by atoms with Crippen molar-refractivity contribution >= 4 is 0 Å². The molecule has 1 fully saturated rings. The predicted octanol–water partition coefficient (Wildman–Crippen LogP) is 2.77. The number of ether oxygens (including phenoxy) is 2. The maximum atomic E-state index is 5.91. The number of para-hydroxylation sites is 2. The zero-order valence-corrected chi connectivity index (χ0v) is 8.11. The largest absolute Gasteiger partial charge is 0.483 e. The van der Waals surface area contributed by atoms with Crippen LogP contribution in [0.1, 0.15) is 25.7 Å². The number of fused-ring (bicyclic) bond motifs is 2. The van der Waals surface area contributed by atoms with Gasteiger partial charge in [-0.15, -0.1) is 0 Å². The average molecular weight is 190 g/mol. The van der Waals surface area contributed by atoms with E-state index >= 15 is 0 Å². The van der Waals surface area contributed by atoms with Crippen molar-refractivity contribution in [2.45, 2.75) is 37.9 Å². The molecule has 2 heteroatoms. The highest BCUT2D eigenvalue weighted by Crippen LogP contribution is 2.37. The highest BCUT2D eigenvalue weighted by atomic mass is 16.6. The molecule has 74 valence electrons. The van der Waals surface area contributed by atoms with Crippen LogP contribution >= 0.6 is 0 Å². The highest BCUT2D eigenvalue weighted by Gasteiger charge is 2.33. The second kappa shape index (κ2) is 3.19. The van der Waals surface area contributed by atoms with E-state index in [1.54, 1.807) is 0 Å². The molecule has 3 rings (SSSR count). The van der Waals surface area contributed by atoms with Gasteiger partial charge in [0.05, 0.1) is 0 Å². The third kappa shape index (κ3) is 1.26. The number of hydrogen-bond acceptors (Lipinski definition) is 2. The quantitative estimate of drug-likeness (QED) is 0.626. The Morgan fingerprint density at radius 1 is 0.857 bits per heavy atom. The van der Waals surface area contributed by atoms with Gasteiger partial charge in [0, 0.05) is 0 Å². The molecule has 0 amide bonds. The lowest BCUT2D eigenvalue weighted by atomic mass is 9.94. The van der Waals surface area contributed by atoms with Crippen LogP contribution in [-0.2, 0) is 0 Å². The minimum atomic E-state index is 0.290. The minimum absolute atomic E-state index is 0.290. The van der Waals surface area contributed by atoms with Crippen molar-refractivity contribution in [2.75, 3.05) is 0 Å². The van der Waals surface area contributed by atoms with Crippen LogP contribution in [0.4, 0.5) is 0 Å². The summed E-state index contributed by atoms with van der Waals surface area (Å²) in [5.41, 5.74) is 0. The molecule has 1 aliphatic carbocycles. The van der Waals surface area contributed by atoms with E-state index < -0.39 is 0 Å². The Morgan fingerprint density at radius 2 is 1.36 bits per heavy atom. The second-order valence-corrected chi connectivity index (χ2v) is 4.04. The Hall–Kier alpha value is -1.18. The van der Waals surface area contributed by atoms with E-state index in [-0.39, 0.29) is 0 Å². The molecule has 1 aromatic rings.